The first-order valence-electron chi connectivity index (χ1n) is 6.05. The van der Waals surface area contributed by atoms with Gasteiger partial charge in [-0.1, -0.05) is 0 Å². The normalized spacial score (nSPS) is 23.2. The van der Waals surface area contributed by atoms with Gasteiger partial charge in [-0.15, -0.1) is 0 Å². The lowest BCUT2D eigenvalue weighted by atomic mass is 9.96. The molecule has 2 heterocycles. The summed E-state index contributed by atoms with van der Waals surface area (Å²) in [4.78, 5) is 17.3. The maximum absolute atomic E-state index is 11.0. The van der Waals surface area contributed by atoms with Crippen LogP contribution in [-0.2, 0) is 4.79 Å². The summed E-state index contributed by atoms with van der Waals surface area (Å²) in [5.41, 5.74) is 1.20. The third-order valence-electron chi connectivity index (χ3n) is 3.54. The van der Waals surface area contributed by atoms with Gasteiger partial charge in [-0.3, -0.25) is 14.7 Å². The van der Waals surface area contributed by atoms with E-state index in [2.05, 4.69) is 16.8 Å². The van der Waals surface area contributed by atoms with Gasteiger partial charge in [0.2, 0.25) is 0 Å². The number of carboxylic acids is 1. The maximum atomic E-state index is 11.0. The lowest BCUT2D eigenvalue weighted by Crippen LogP contribution is -2.40. The van der Waals surface area contributed by atoms with Gasteiger partial charge >= 0.3 is 5.97 Å². The maximum Gasteiger partial charge on any atom is 0.307 e. The van der Waals surface area contributed by atoms with E-state index in [9.17, 15) is 4.79 Å². The zero-order valence-electron chi connectivity index (χ0n) is 10.0. The Kier molecular flexibility index (Phi) is 3.74. The molecule has 0 aromatic carbocycles. The van der Waals surface area contributed by atoms with Crippen molar-refractivity contribution in [3.8, 4) is 0 Å². The Morgan fingerprint density at radius 2 is 2.24 bits per heavy atom. The van der Waals surface area contributed by atoms with Gasteiger partial charge in [0.25, 0.3) is 0 Å². The Bertz CT molecular complexity index is 380. The molecule has 4 heteroatoms. The van der Waals surface area contributed by atoms with Crippen LogP contribution in [0.4, 0.5) is 0 Å². The van der Waals surface area contributed by atoms with Crippen LogP contribution in [-0.4, -0.2) is 34.0 Å². The fraction of sp³-hybridized carbons (Fsp3) is 0.538. The molecule has 2 unspecified atom stereocenters. The van der Waals surface area contributed by atoms with E-state index < -0.39 is 5.97 Å². The van der Waals surface area contributed by atoms with Crippen molar-refractivity contribution in [3.05, 3.63) is 30.1 Å². The van der Waals surface area contributed by atoms with Crippen molar-refractivity contribution in [2.75, 3.05) is 13.1 Å². The molecule has 92 valence electrons. The van der Waals surface area contributed by atoms with E-state index in [0.29, 0.717) is 6.54 Å². The van der Waals surface area contributed by atoms with Gasteiger partial charge in [0, 0.05) is 25.0 Å². The van der Waals surface area contributed by atoms with Crippen LogP contribution in [0.1, 0.15) is 31.4 Å². The Morgan fingerprint density at radius 1 is 1.53 bits per heavy atom. The van der Waals surface area contributed by atoms with Crippen molar-refractivity contribution in [2.45, 2.75) is 25.8 Å². The molecule has 1 aliphatic heterocycles. The average molecular weight is 234 g/mol. The second-order valence-electron chi connectivity index (χ2n) is 4.63. The molecule has 2 rings (SSSR count). The average Bonchev–Trinajstić information content (AvgIpc) is 2.39. The number of piperidine rings is 1. The highest BCUT2D eigenvalue weighted by molar-refractivity contribution is 5.70. The number of aliphatic carboxylic acids is 1. The number of nitrogens with zero attached hydrogens (tertiary/aromatic N) is 2. The minimum atomic E-state index is -0.670. The molecule has 0 aliphatic carbocycles. The quantitative estimate of drug-likeness (QED) is 0.868. The van der Waals surface area contributed by atoms with Crippen molar-refractivity contribution in [1.82, 2.24) is 9.88 Å². The van der Waals surface area contributed by atoms with Crippen LogP contribution in [0.2, 0.25) is 0 Å². The lowest BCUT2D eigenvalue weighted by molar-refractivity contribution is -0.143. The molecule has 1 N–H and O–H groups in total. The van der Waals surface area contributed by atoms with Gasteiger partial charge in [0.05, 0.1) is 5.92 Å². The molecule has 1 aliphatic rings. The van der Waals surface area contributed by atoms with Gasteiger partial charge < -0.3 is 5.11 Å². The molecule has 0 amide bonds. The number of likely N-dealkylation sites (tertiary alicyclic amines) is 1. The summed E-state index contributed by atoms with van der Waals surface area (Å²) in [6, 6.07) is 4.25. The van der Waals surface area contributed by atoms with Gasteiger partial charge in [0.15, 0.2) is 0 Å². The standard InChI is InChI=1S/C13H18N2O2/c1-10(11-4-6-14-7-5-11)15-8-2-3-12(9-15)13(16)17/h4-7,10,12H,2-3,8-9H2,1H3,(H,16,17). The second-order valence-corrected chi connectivity index (χ2v) is 4.63. The predicted octanol–water partition coefficient (Wildman–Crippen LogP) is 1.94. The highest BCUT2D eigenvalue weighted by Gasteiger charge is 2.28. The largest absolute Gasteiger partial charge is 0.481 e. The van der Waals surface area contributed by atoms with Crippen LogP contribution < -0.4 is 0 Å². The summed E-state index contributed by atoms with van der Waals surface area (Å²) in [7, 11) is 0. The third kappa shape index (κ3) is 2.82. The number of carboxylic acid groups (broad SMARTS) is 1. The monoisotopic (exact) mass is 234 g/mol. The van der Waals surface area contributed by atoms with E-state index in [-0.39, 0.29) is 12.0 Å². The Hall–Kier alpha value is -1.42. The molecule has 0 radical (unpaired) electrons. The Labute approximate surface area is 101 Å². The first-order chi connectivity index (χ1) is 8.18. The first kappa shape index (κ1) is 12.0. The van der Waals surface area contributed by atoms with Crippen molar-refractivity contribution < 1.29 is 9.90 Å². The summed E-state index contributed by atoms with van der Waals surface area (Å²) in [6.45, 7) is 3.76. The third-order valence-corrected chi connectivity index (χ3v) is 3.54. The molecule has 1 aromatic heterocycles. The van der Waals surface area contributed by atoms with Crippen LogP contribution in [0.25, 0.3) is 0 Å². The van der Waals surface area contributed by atoms with Gasteiger partial charge in [-0.25, -0.2) is 0 Å². The van der Waals surface area contributed by atoms with Gasteiger partial charge in [-0.2, -0.15) is 0 Å². The van der Waals surface area contributed by atoms with Crippen LogP contribution in [0.5, 0.6) is 0 Å². The summed E-state index contributed by atoms with van der Waals surface area (Å²) < 4.78 is 0. The number of hydrogen-bond acceptors (Lipinski definition) is 3. The van der Waals surface area contributed by atoms with Gasteiger partial charge in [-0.05, 0) is 44.0 Å². The van der Waals surface area contributed by atoms with E-state index >= 15 is 0 Å². The van der Waals surface area contributed by atoms with E-state index in [1.54, 1.807) is 12.4 Å². The summed E-state index contributed by atoms with van der Waals surface area (Å²) in [5.74, 6) is -0.885. The van der Waals surface area contributed by atoms with E-state index in [0.717, 1.165) is 19.4 Å². The lowest BCUT2D eigenvalue weighted by Gasteiger charge is -2.35. The van der Waals surface area contributed by atoms with Crippen LogP contribution >= 0.6 is 0 Å². The number of carbonyl (C=O) groups is 1. The van der Waals surface area contributed by atoms with Crippen molar-refractivity contribution >= 4 is 5.97 Å². The molecule has 4 nitrogen and oxygen atoms in total. The van der Waals surface area contributed by atoms with E-state index in [1.165, 1.54) is 5.56 Å². The SMILES string of the molecule is CC(c1ccncc1)N1CCCC(C(=O)O)C1. The fourth-order valence-corrected chi connectivity index (χ4v) is 2.41. The topological polar surface area (TPSA) is 53.4 Å². The van der Waals surface area contributed by atoms with Crippen molar-refractivity contribution in [1.29, 1.82) is 0 Å². The molecular formula is C13H18N2O2. The Balaban J connectivity index is 2.05. The van der Waals surface area contributed by atoms with Crippen LogP contribution in [0, 0.1) is 5.92 Å². The first-order valence-corrected chi connectivity index (χ1v) is 6.05. The molecule has 1 fully saturated rings. The smallest absolute Gasteiger partial charge is 0.307 e. The predicted molar refractivity (Wildman–Crippen MR) is 64.6 cm³/mol. The van der Waals surface area contributed by atoms with Crippen LogP contribution in [0.3, 0.4) is 0 Å². The molecule has 0 saturated carbocycles. The molecule has 2 atom stereocenters. The molecule has 1 aromatic rings. The molecular weight excluding hydrogens is 216 g/mol. The zero-order chi connectivity index (χ0) is 12.3. The van der Waals surface area contributed by atoms with Crippen molar-refractivity contribution in [3.63, 3.8) is 0 Å². The highest BCUT2D eigenvalue weighted by atomic mass is 16.4. The second kappa shape index (κ2) is 5.27. The number of aromatic nitrogens is 1. The minimum absolute atomic E-state index is 0.215. The Morgan fingerprint density at radius 3 is 2.88 bits per heavy atom. The molecule has 1 saturated heterocycles. The number of rotatable bonds is 3. The summed E-state index contributed by atoms with van der Waals surface area (Å²) >= 11 is 0. The summed E-state index contributed by atoms with van der Waals surface area (Å²) in [6.07, 6.45) is 5.33. The highest BCUT2D eigenvalue weighted by Crippen LogP contribution is 2.26. The van der Waals surface area contributed by atoms with Crippen molar-refractivity contribution in [2.24, 2.45) is 5.92 Å². The molecule has 0 spiro atoms. The molecule has 17 heavy (non-hydrogen) atoms. The number of pyridine rings is 1. The summed E-state index contributed by atoms with van der Waals surface area (Å²) in [5, 5.41) is 9.07. The van der Waals surface area contributed by atoms with E-state index in [1.807, 2.05) is 12.1 Å². The van der Waals surface area contributed by atoms with E-state index in [4.69, 9.17) is 5.11 Å². The van der Waals surface area contributed by atoms with Crippen LogP contribution in [0.15, 0.2) is 24.5 Å². The van der Waals surface area contributed by atoms with Gasteiger partial charge in [0.1, 0.15) is 0 Å². The zero-order valence-corrected chi connectivity index (χ0v) is 10.0. The molecule has 0 bridgehead atoms. The minimum Gasteiger partial charge on any atom is -0.481 e. The number of hydrogen-bond donors (Lipinski definition) is 1. The fourth-order valence-electron chi connectivity index (χ4n) is 2.41.